The van der Waals surface area contributed by atoms with Gasteiger partial charge in [0.1, 0.15) is 10.8 Å². The average molecular weight is 362 g/mol. The summed E-state index contributed by atoms with van der Waals surface area (Å²) in [6.07, 6.45) is -4.14. The molecule has 1 aromatic carbocycles. The van der Waals surface area contributed by atoms with Crippen molar-refractivity contribution in [1.82, 2.24) is 4.98 Å². The molecule has 0 spiro atoms. The fraction of sp³-hybridized carbons (Fsp3) is 0.200. The third-order valence-corrected chi connectivity index (χ3v) is 3.14. The molecule has 2 rings (SSSR count). The molecular weight excluding hydrogens is 351 g/mol. The van der Waals surface area contributed by atoms with Crippen LogP contribution in [0.1, 0.15) is 12.5 Å². The van der Waals surface area contributed by atoms with Gasteiger partial charge in [0, 0.05) is 13.1 Å². The molecule has 0 bridgehead atoms. The van der Waals surface area contributed by atoms with Crippen LogP contribution in [0.5, 0.6) is 11.6 Å². The first-order chi connectivity index (χ1) is 11.1. The Bertz CT molecular complexity index is 739. The van der Waals surface area contributed by atoms with E-state index in [1.54, 1.807) is 18.2 Å². The molecule has 9 heteroatoms. The molecule has 5 nitrogen and oxygen atoms in total. The van der Waals surface area contributed by atoms with Crippen LogP contribution < -0.4 is 9.47 Å². The number of carbonyl (C=O) groups is 1. The lowest BCUT2D eigenvalue weighted by molar-refractivity contribution is -0.181. The van der Waals surface area contributed by atoms with Gasteiger partial charge < -0.3 is 14.6 Å². The molecule has 0 saturated carbocycles. The Labute approximate surface area is 139 Å². The topological polar surface area (TPSA) is 68.7 Å². The molecule has 0 saturated heterocycles. The number of pyridine rings is 1. The number of para-hydroxylation sites is 1. The maximum Gasteiger partial charge on any atom is 0.417 e. The molecule has 0 fully saturated rings. The van der Waals surface area contributed by atoms with Crippen molar-refractivity contribution in [1.29, 1.82) is 0 Å². The number of hydrogen-bond acceptors (Lipinski definition) is 4. The van der Waals surface area contributed by atoms with E-state index in [1.165, 1.54) is 12.1 Å². The van der Waals surface area contributed by atoms with Gasteiger partial charge in [0.05, 0.1) is 5.56 Å². The van der Waals surface area contributed by atoms with Crippen LogP contribution in [0.4, 0.5) is 13.2 Å². The van der Waals surface area contributed by atoms with Crippen molar-refractivity contribution >= 4 is 17.6 Å². The minimum Gasteiger partial charge on any atom is -0.475 e. The van der Waals surface area contributed by atoms with Gasteiger partial charge in [0.2, 0.25) is 5.88 Å². The number of ether oxygens (including phenoxy) is 2. The summed E-state index contributed by atoms with van der Waals surface area (Å²) in [4.78, 5) is 14.9. The minimum absolute atomic E-state index is 0.186. The summed E-state index contributed by atoms with van der Waals surface area (Å²) in [5.41, 5.74) is -1.08. The van der Waals surface area contributed by atoms with Crippen LogP contribution in [-0.2, 0) is 11.0 Å². The normalized spacial score (nSPS) is 13.9. The molecule has 24 heavy (non-hydrogen) atoms. The minimum atomic E-state index is -4.63. The molecule has 0 amide bonds. The molecular formula is C15H11ClF3NO4. The molecule has 128 valence electrons. The summed E-state index contributed by atoms with van der Waals surface area (Å²) in [5, 5.41) is 8.84. The predicted octanol–water partition coefficient (Wildman–Crippen LogP) is 4.01. The van der Waals surface area contributed by atoms with Crippen LogP contribution in [0.3, 0.4) is 0 Å². The third kappa shape index (κ3) is 4.08. The molecule has 0 radical (unpaired) electrons. The van der Waals surface area contributed by atoms with Crippen LogP contribution in [0.15, 0.2) is 42.6 Å². The van der Waals surface area contributed by atoms with Gasteiger partial charge in [0.15, 0.2) is 0 Å². The Morgan fingerprint density at radius 3 is 2.33 bits per heavy atom. The van der Waals surface area contributed by atoms with Crippen LogP contribution in [-0.4, -0.2) is 21.8 Å². The van der Waals surface area contributed by atoms with E-state index in [0.29, 0.717) is 12.3 Å². The van der Waals surface area contributed by atoms with Crippen molar-refractivity contribution in [2.75, 3.05) is 0 Å². The van der Waals surface area contributed by atoms with E-state index in [-0.39, 0.29) is 5.75 Å². The molecule has 1 unspecified atom stereocenters. The SMILES string of the molecule is CC(Oc1ccccc1)(Oc1ncc(C(F)(F)F)cc1Cl)C(=O)O. The zero-order chi connectivity index (χ0) is 18.0. The van der Waals surface area contributed by atoms with Gasteiger partial charge in [-0.2, -0.15) is 13.2 Å². The summed E-state index contributed by atoms with van der Waals surface area (Å²) in [6, 6.07) is 8.50. The standard InChI is InChI=1S/C15H11ClF3NO4/c1-14(13(21)22,23-10-5-3-2-4-6-10)24-12-11(16)7-9(8-20-12)15(17,18)19/h2-8H,1H3,(H,21,22). The average Bonchev–Trinajstić information content (AvgIpc) is 2.49. The van der Waals surface area contributed by atoms with Gasteiger partial charge in [-0.15, -0.1) is 0 Å². The summed E-state index contributed by atoms with van der Waals surface area (Å²) in [7, 11) is 0. The van der Waals surface area contributed by atoms with E-state index in [1.807, 2.05) is 0 Å². The maximum absolute atomic E-state index is 12.6. The summed E-state index contributed by atoms with van der Waals surface area (Å²) >= 11 is 5.71. The van der Waals surface area contributed by atoms with Crippen LogP contribution >= 0.6 is 11.6 Å². The smallest absolute Gasteiger partial charge is 0.417 e. The van der Waals surface area contributed by atoms with E-state index < -0.39 is 34.4 Å². The number of rotatable bonds is 5. The zero-order valence-corrected chi connectivity index (χ0v) is 12.9. The Morgan fingerprint density at radius 1 is 1.21 bits per heavy atom. The Hall–Kier alpha value is -2.48. The second-order valence-electron chi connectivity index (χ2n) is 4.78. The number of carboxylic acid groups (broad SMARTS) is 1. The first-order valence-corrected chi connectivity index (χ1v) is 6.89. The zero-order valence-electron chi connectivity index (χ0n) is 12.2. The highest BCUT2D eigenvalue weighted by Gasteiger charge is 2.40. The lowest BCUT2D eigenvalue weighted by Crippen LogP contribution is -2.47. The van der Waals surface area contributed by atoms with Crippen molar-refractivity contribution in [2.45, 2.75) is 18.9 Å². The number of hydrogen-bond donors (Lipinski definition) is 1. The van der Waals surface area contributed by atoms with Crippen LogP contribution in [0, 0.1) is 0 Å². The number of carboxylic acids is 1. The second-order valence-corrected chi connectivity index (χ2v) is 5.18. The van der Waals surface area contributed by atoms with E-state index in [9.17, 15) is 23.1 Å². The van der Waals surface area contributed by atoms with Crippen molar-refractivity contribution < 1.29 is 32.5 Å². The second kappa shape index (κ2) is 6.56. The Balaban J connectivity index is 2.29. The van der Waals surface area contributed by atoms with E-state index in [4.69, 9.17) is 21.1 Å². The summed E-state index contributed by atoms with van der Waals surface area (Å²) in [6.45, 7) is 1.08. The molecule has 1 N–H and O–H groups in total. The third-order valence-electron chi connectivity index (χ3n) is 2.87. The van der Waals surface area contributed by atoms with Gasteiger partial charge in [0.25, 0.3) is 0 Å². The fourth-order valence-electron chi connectivity index (χ4n) is 1.66. The highest BCUT2D eigenvalue weighted by molar-refractivity contribution is 6.31. The molecule has 1 atom stereocenters. The van der Waals surface area contributed by atoms with Crippen molar-refractivity contribution in [3.05, 3.63) is 53.2 Å². The van der Waals surface area contributed by atoms with Gasteiger partial charge >= 0.3 is 17.9 Å². The number of aromatic nitrogens is 1. The lowest BCUT2D eigenvalue weighted by Gasteiger charge is -2.26. The van der Waals surface area contributed by atoms with Gasteiger partial charge in [-0.05, 0) is 18.2 Å². The van der Waals surface area contributed by atoms with Crippen LogP contribution in [0.2, 0.25) is 5.02 Å². The quantitative estimate of drug-likeness (QED) is 0.815. The Morgan fingerprint density at radius 2 is 1.83 bits per heavy atom. The van der Waals surface area contributed by atoms with E-state index in [0.717, 1.165) is 6.92 Å². The molecule has 0 aliphatic carbocycles. The fourth-order valence-corrected chi connectivity index (χ4v) is 1.87. The van der Waals surface area contributed by atoms with E-state index >= 15 is 0 Å². The van der Waals surface area contributed by atoms with Crippen molar-refractivity contribution in [2.24, 2.45) is 0 Å². The van der Waals surface area contributed by atoms with Gasteiger partial charge in [-0.1, -0.05) is 29.8 Å². The molecule has 0 aliphatic rings. The number of benzene rings is 1. The Kier molecular flexibility index (Phi) is 4.88. The maximum atomic E-state index is 12.6. The first-order valence-electron chi connectivity index (χ1n) is 6.51. The summed E-state index contributed by atoms with van der Waals surface area (Å²) < 4.78 is 48.2. The molecule has 1 heterocycles. The highest BCUT2D eigenvalue weighted by Crippen LogP contribution is 2.34. The van der Waals surface area contributed by atoms with Gasteiger partial charge in [-0.25, -0.2) is 9.78 Å². The van der Waals surface area contributed by atoms with Gasteiger partial charge in [-0.3, -0.25) is 0 Å². The van der Waals surface area contributed by atoms with Crippen molar-refractivity contribution in [3.63, 3.8) is 0 Å². The number of halogens is 4. The first kappa shape index (κ1) is 17.9. The molecule has 2 aromatic rings. The van der Waals surface area contributed by atoms with Crippen LogP contribution in [0.25, 0.3) is 0 Å². The monoisotopic (exact) mass is 361 g/mol. The molecule has 0 aliphatic heterocycles. The number of aliphatic carboxylic acids is 1. The predicted molar refractivity (Wildman–Crippen MR) is 78.0 cm³/mol. The summed E-state index contributed by atoms with van der Waals surface area (Å²) in [5.74, 6) is -4.06. The highest BCUT2D eigenvalue weighted by atomic mass is 35.5. The number of alkyl halides is 3. The number of nitrogens with zero attached hydrogens (tertiary/aromatic N) is 1. The van der Waals surface area contributed by atoms with E-state index in [2.05, 4.69) is 4.98 Å². The van der Waals surface area contributed by atoms with Crippen molar-refractivity contribution in [3.8, 4) is 11.6 Å². The molecule has 1 aromatic heterocycles. The largest absolute Gasteiger partial charge is 0.475 e. The lowest BCUT2D eigenvalue weighted by atomic mass is 10.2.